The Balaban J connectivity index is 1.86. The van der Waals surface area contributed by atoms with Gasteiger partial charge in [0, 0.05) is 30.7 Å². The molecule has 0 atom stereocenters. The molecule has 1 aromatic carbocycles. The standard InChI is InChI=1S/C14H17N3S/c15-8-13-9-16-14(18-13)17-7-3-6-11-4-1-2-5-12(11)10-17/h1-2,4-5,9H,3,6-8,10,15H2. The SMILES string of the molecule is NCc1cnc(N2CCCc3ccccc3C2)s1. The molecule has 0 amide bonds. The van der Waals surface area contributed by atoms with Crippen LogP contribution in [0.4, 0.5) is 5.13 Å². The van der Waals surface area contributed by atoms with Crippen LogP contribution in [0.1, 0.15) is 22.4 Å². The Morgan fingerprint density at radius 2 is 2.11 bits per heavy atom. The van der Waals surface area contributed by atoms with E-state index in [1.165, 1.54) is 24.0 Å². The van der Waals surface area contributed by atoms with Crippen molar-refractivity contribution < 1.29 is 0 Å². The highest BCUT2D eigenvalue weighted by Crippen LogP contribution is 2.27. The van der Waals surface area contributed by atoms with Crippen LogP contribution in [0.3, 0.4) is 0 Å². The third kappa shape index (κ3) is 2.26. The minimum Gasteiger partial charge on any atom is -0.344 e. The number of anilines is 1. The first-order chi connectivity index (χ1) is 8.86. The summed E-state index contributed by atoms with van der Waals surface area (Å²) in [4.78, 5) is 8.02. The highest BCUT2D eigenvalue weighted by atomic mass is 32.1. The topological polar surface area (TPSA) is 42.1 Å². The second-order valence-corrected chi connectivity index (χ2v) is 5.70. The van der Waals surface area contributed by atoms with Gasteiger partial charge in [0.1, 0.15) is 0 Å². The fourth-order valence-electron chi connectivity index (χ4n) is 2.40. The van der Waals surface area contributed by atoms with E-state index in [0.29, 0.717) is 6.54 Å². The summed E-state index contributed by atoms with van der Waals surface area (Å²) in [5.41, 5.74) is 8.56. The molecule has 2 N–H and O–H groups in total. The summed E-state index contributed by atoms with van der Waals surface area (Å²) >= 11 is 1.71. The summed E-state index contributed by atoms with van der Waals surface area (Å²) in [5.74, 6) is 0. The number of nitrogens with zero attached hydrogens (tertiary/aromatic N) is 2. The summed E-state index contributed by atoms with van der Waals surface area (Å²) in [6.07, 6.45) is 4.26. The van der Waals surface area contributed by atoms with Gasteiger partial charge in [0.05, 0.1) is 0 Å². The Morgan fingerprint density at radius 1 is 1.28 bits per heavy atom. The molecule has 0 bridgehead atoms. The normalized spacial score (nSPS) is 15.3. The molecule has 0 aliphatic carbocycles. The molecule has 4 heteroatoms. The predicted octanol–water partition coefficient (Wildman–Crippen LogP) is 2.55. The lowest BCUT2D eigenvalue weighted by Gasteiger charge is -2.19. The zero-order valence-corrected chi connectivity index (χ0v) is 11.1. The van der Waals surface area contributed by atoms with Crippen molar-refractivity contribution in [3.63, 3.8) is 0 Å². The quantitative estimate of drug-likeness (QED) is 0.901. The van der Waals surface area contributed by atoms with Gasteiger partial charge in [-0.1, -0.05) is 24.3 Å². The van der Waals surface area contributed by atoms with Gasteiger partial charge in [-0.3, -0.25) is 0 Å². The second kappa shape index (κ2) is 5.08. The summed E-state index contributed by atoms with van der Waals surface area (Å²) < 4.78 is 0. The number of hydrogen-bond donors (Lipinski definition) is 1. The van der Waals surface area contributed by atoms with Gasteiger partial charge in [0.2, 0.25) is 0 Å². The molecule has 18 heavy (non-hydrogen) atoms. The fourth-order valence-corrected chi connectivity index (χ4v) is 3.22. The van der Waals surface area contributed by atoms with Gasteiger partial charge in [0.25, 0.3) is 0 Å². The van der Waals surface area contributed by atoms with Crippen molar-refractivity contribution in [2.24, 2.45) is 5.73 Å². The van der Waals surface area contributed by atoms with Crippen LogP contribution in [0.25, 0.3) is 0 Å². The molecule has 0 saturated heterocycles. The van der Waals surface area contributed by atoms with Crippen LogP contribution < -0.4 is 10.6 Å². The molecule has 0 fully saturated rings. The van der Waals surface area contributed by atoms with Gasteiger partial charge in [-0.2, -0.15) is 0 Å². The number of fused-ring (bicyclic) bond motifs is 1. The lowest BCUT2D eigenvalue weighted by atomic mass is 10.0. The first kappa shape index (κ1) is 11.7. The number of benzene rings is 1. The maximum Gasteiger partial charge on any atom is 0.185 e. The number of rotatable bonds is 2. The second-order valence-electron chi connectivity index (χ2n) is 4.61. The van der Waals surface area contributed by atoms with Gasteiger partial charge < -0.3 is 10.6 Å². The third-order valence-corrected chi connectivity index (χ3v) is 4.45. The molecule has 2 aromatic rings. The number of hydrogen-bond acceptors (Lipinski definition) is 4. The van der Waals surface area contributed by atoms with Gasteiger partial charge in [-0.15, -0.1) is 11.3 Å². The first-order valence-corrected chi connectivity index (χ1v) is 7.15. The van der Waals surface area contributed by atoms with Crippen molar-refractivity contribution in [1.82, 2.24) is 4.98 Å². The lowest BCUT2D eigenvalue weighted by Crippen LogP contribution is -2.22. The summed E-state index contributed by atoms with van der Waals surface area (Å²) in [6, 6.07) is 8.72. The Hall–Kier alpha value is -1.39. The fraction of sp³-hybridized carbons (Fsp3) is 0.357. The van der Waals surface area contributed by atoms with Crippen LogP contribution in [-0.2, 0) is 19.5 Å². The van der Waals surface area contributed by atoms with E-state index in [9.17, 15) is 0 Å². The summed E-state index contributed by atoms with van der Waals surface area (Å²) in [7, 11) is 0. The van der Waals surface area contributed by atoms with E-state index in [1.807, 2.05) is 6.20 Å². The molecular weight excluding hydrogens is 242 g/mol. The maximum atomic E-state index is 5.65. The molecular formula is C14H17N3S. The van der Waals surface area contributed by atoms with E-state index in [1.54, 1.807) is 11.3 Å². The van der Waals surface area contributed by atoms with E-state index < -0.39 is 0 Å². The minimum absolute atomic E-state index is 0.585. The van der Waals surface area contributed by atoms with Crippen LogP contribution in [0.5, 0.6) is 0 Å². The molecule has 1 aliphatic rings. The number of thiazole rings is 1. The van der Waals surface area contributed by atoms with E-state index in [0.717, 1.165) is 23.1 Å². The molecule has 3 rings (SSSR count). The molecule has 0 saturated carbocycles. The third-order valence-electron chi connectivity index (χ3n) is 3.37. The molecule has 1 aliphatic heterocycles. The predicted molar refractivity (Wildman–Crippen MR) is 75.8 cm³/mol. The zero-order valence-electron chi connectivity index (χ0n) is 10.3. The van der Waals surface area contributed by atoms with Gasteiger partial charge in [-0.25, -0.2) is 4.98 Å². The summed E-state index contributed by atoms with van der Waals surface area (Å²) in [6.45, 7) is 2.63. The van der Waals surface area contributed by atoms with Crippen molar-refractivity contribution in [2.45, 2.75) is 25.9 Å². The van der Waals surface area contributed by atoms with E-state index in [-0.39, 0.29) is 0 Å². The van der Waals surface area contributed by atoms with Crippen LogP contribution in [0.2, 0.25) is 0 Å². The Kier molecular flexibility index (Phi) is 3.30. The van der Waals surface area contributed by atoms with Crippen LogP contribution in [0, 0.1) is 0 Å². The van der Waals surface area contributed by atoms with E-state index in [4.69, 9.17) is 5.73 Å². The molecule has 1 aromatic heterocycles. The Labute approximate surface area is 111 Å². The van der Waals surface area contributed by atoms with Gasteiger partial charge in [-0.05, 0) is 24.0 Å². The zero-order chi connectivity index (χ0) is 12.4. The van der Waals surface area contributed by atoms with Gasteiger partial charge >= 0.3 is 0 Å². The molecule has 0 spiro atoms. The Bertz CT molecular complexity index is 535. The highest BCUT2D eigenvalue weighted by Gasteiger charge is 2.16. The van der Waals surface area contributed by atoms with Gasteiger partial charge in [0.15, 0.2) is 5.13 Å². The number of aryl methyl sites for hydroxylation is 1. The van der Waals surface area contributed by atoms with E-state index in [2.05, 4.69) is 34.1 Å². The van der Waals surface area contributed by atoms with Crippen LogP contribution in [0.15, 0.2) is 30.5 Å². The number of aromatic nitrogens is 1. The van der Waals surface area contributed by atoms with Crippen LogP contribution in [-0.4, -0.2) is 11.5 Å². The van der Waals surface area contributed by atoms with Crippen molar-refractivity contribution in [1.29, 1.82) is 0 Å². The maximum absolute atomic E-state index is 5.65. The minimum atomic E-state index is 0.585. The summed E-state index contributed by atoms with van der Waals surface area (Å²) in [5, 5.41) is 1.10. The molecule has 2 heterocycles. The van der Waals surface area contributed by atoms with E-state index >= 15 is 0 Å². The monoisotopic (exact) mass is 259 g/mol. The smallest absolute Gasteiger partial charge is 0.185 e. The van der Waals surface area contributed by atoms with Crippen molar-refractivity contribution in [3.05, 3.63) is 46.5 Å². The van der Waals surface area contributed by atoms with Crippen LogP contribution >= 0.6 is 11.3 Å². The number of nitrogens with two attached hydrogens (primary N) is 1. The average Bonchev–Trinajstić information content (AvgIpc) is 2.78. The Morgan fingerprint density at radius 3 is 2.89 bits per heavy atom. The molecule has 0 radical (unpaired) electrons. The molecule has 3 nitrogen and oxygen atoms in total. The molecule has 0 unspecified atom stereocenters. The van der Waals surface area contributed by atoms with Crippen molar-refractivity contribution in [3.8, 4) is 0 Å². The van der Waals surface area contributed by atoms with Crippen molar-refractivity contribution in [2.75, 3.05) is 11.4 Å². The molecule has 94 valence electrons. The largest absolute Gasteiger partial charge is 0.344 e. The highest BCUT2D eigenvalue weighted by molar-refractivity contribution is 7.15. The average molecular weight is 259 g/mol. The lowest BCUT2D eigenvalue weighted by molar-refractivity contribution is 0.763. The first-order valence-electron chi connectivity index (χ1n) is 6.33. The van der Waals surface area contributed by atoms with Crippen molar-refractivity contribution >= 4 is 16.5 Å².